The van der Waals surface area contributed by atoms with Crippen molar-refractivity contribution in [1.82, 2.24) is 0 Å². The molecule has 0 saturated carbocycles. The van der Waals surface area contributed by atoms with Crippen LogP contribution in [0.5, 0.6) is 0 Å². The number of nitrogens with zero attached hydrogens (tertiary/aromatic N) is 1. The molecule has 3 nitrogen and oxygen atoms in total. The Bertz CT molecular complexity index is 443. The summed E-state index contributed by atoms with van der Waals surface area (Å²) in [5.41, 5.74) is 5.52. The molecule has 1 aromatic rings. The summed E-state index contributed by atoms with van der Waals surface area (Å²) in [6.07, 6.45) is 0. The maximum atomic E-state index is 14.0. The van der Waals surface area contributed by atoms with Crippen LogP contribution in [-0.4, -0.2) is 28.8 Å². The molecule has 0 unspecified atom stereocenters. The van der Waals surface area contributed by atoms with Crippen molar-refractivity contribution in [2.24, 2.45) is 5.73 Å². The minimum atomic E-state index is -0.885. The molecule has 0 aliphatic carbocycles. The fourth-order valence-electron chi connectivity index (χ4n) is 1.75. The lowest BCUT2D eigenvalue weighted by Gasteiger charge is -2.30. The van der Waals surface area contributed by atoms with E-state index in [0.29, 0.717) is 24.3 Å². The van der Waals surface area contributed by atoms with Crippen LogP contribution in [0.1, 0.15) is 26.3 Å². The first kappa shape index (κ1) is 14.9. The monoisotopic (exact) mass is 270 g/mol. The average molecular weight is 270 g/mol. The SMILES string of the molecule is CCN(CC(C)(C)O)c1ccc(C(N)=S)cc1F. The first-order valence-corrected chi connectivity index (χ1v) is 6.22. The molecule has 1 aromatic carbocycles. The maximum Gasteiger partial charge on any atom is 0.147 e. The summed E-state index contributed by atoms with van der Waals surface area (Å²) in [5, 5.41) is 9.81. The fraction of sp³-hybridized carbons (Fsp3) is 0.462. The van der Waals surface area contributed by atoms with Crippen molar-refractivity contribution in [1.29, 1.82) is 0 Å². The highest BCUT2D eigenvalue weighted by atomic mass is 32.1. The van der Waals surface area contributed by atoms with E-state index in [4.69, 9.17) is 18.0 Å². The van der Waals surface area contributed by atoms with Gasteiger partial charge in [0.05, 0.1) is 11.3 Å². The second kappa shape index (κ2) is 5.63. The Morgan fingerprint density at radius 1 is 1.50 bits per heavy atom. The molecule has 0 amide bonds. The summed E-state index contributed by atoms with van der Waals surface area (Å²) in [6, 6.07) is 4.65. The van der Waals surface area contributed by atoms with Crippen molar-refractivity contribution in [2.75, 3.05) is 18.0 Å². The van der Waals surface area contributed by atoms with E-state index in [1.54, 1.807) is 30.9 Å². The number of rotatable bonds is 5. The quantitative estimate of drug-likeness (QED) is 0.804. The zero-order chi connectivity index (χ0) is 13.9. The van der Waals surface area contributed by atoms with Gasteiger partial charge in [-0.3, -0.25) is 0 Å². The summed E-state index contributed by atoms with van der Waals surface area (Å²) >= 11 is 4.80. The number of nitrogens with two attached hydrogens (primary N) is 1. The van der Waals surface area contributed by atoms with Gasteiger partial charge >= 0.3 is 0 Å². The predicted octanol–water partition coefficient (Wildman–Crippen LogP) is 2.06. The molecule has 0 bridgehead atoms. The Hall–Kier alpha value is -1.20. The Morgan fingerprint density at radius 3 is 2.50 bits per heavy atom. The van der Waals surface area contributed by atoms with Gasteiger partial charge in [0.15, 0.2) is 0 Å². The van der Waals surface area contributed by atoms with Gasteiger partial charge in [-0.15, -0.1) is 0 Å². The summed E-state index contributed by atoms with van der Waals surface area (Å²) in [4.78, 5) is 1.95. The first-order valence-electron chi connectivity index (χ1n) is 5.81. The molecule has 0 aliphatic heterocycles. The lowest BCUT2D eigenvalue weighted by Crippen LogP contribution is -2.39. The number of aliphatic hydroxyl groups is 1. The van der Waals surface area contributed by atoms with Crippen LogP contribution in [-0.2, 0) is 0 Å². The molecular formula is C13H19FN2OS. The van der Waals surface area contributed by atoms with Crippen molar-refractivity contribution >= 4 is 22.9 Å². The summed E-state index contributed by atoms with van der Waals surface area (Å²) < 4.78 is 14.0. The van der Waals surface area contributed by atoms with Crippen molar-refractivity contribution in [2.45, 2.75) is 26.4 Å². The van der Waals surface area contributed by atoms with Crippen molar-refractivity contribution < 1.29 is 9.50 Å². The highest BCUT2D eigenvalue weighted by Crippen LogP contribution is 2.22. The molecule has 0 fully saturated rings. The van der Waals surface area contributed by atoms with E-state index in [1.165, 1.54) is 6.07 Å². The Kier molecular flexibility index (Phi) is 4.65. The van der Waals surface area contributed by atoms with E-state index in [2.05, 4.69) is 0 Å². The zero-order valence-electron chi connectivity index (χ0n) is 10.9. The lowest BCUT2D eigenvalue weighted by atomic mass is 10.1. The molecule has 18 heavy (non-hydrogen) atoms. The third-order valence-electron chi connectivity index (χ3n) is 2.53. The van der Waals surface area contributed by atoms with Crippen LogP contribution >= 0.6 is 12.2 Å². The van der Waals surface area contributed by atoms with E-state index >= 15 is 0 Å². The van der Waals surface area contributed by atoms with Crippen LogP contribution in [0.3, 0.4) is 0 Å². The molecule has 100 valence electrons. The summed E-state index contributed by atoms with van der Waals surface area (Å²) in [6.45, 7) is 6.25. The molecule has 0 saturated heterocycles. The van der Waals surface area contributed by atoms with Gasteiger partial charge in [-0.05, 0) is 39.0 Å². The number of anilines is 1. The van der Waals surface area contributed by atoms with Gasteiger partial charge in [-0.25, -0.2) is 4.39 Å². The smallest absolute Gasteiger partial charge is 0.147 e. The molecule has 0 aromatic heterocycles. The van der Waals surface area contributed by atoms with Gasteiger partial charge in [0.25, 0.3) is 0 Å². The van der Waals surface area contributed by atoms with Crippen LogP contribution in [0, 0.1) is 5.82 Å². The van der Waals surface area contributed by atoms with E-state index in [0.717, 1.165) is 0 Å². The molecule has 0 spiro atoms. The van der Waals surface area contributed by atoms with Crippen molar-refractivity contribution in [3.8, 4) is 0 Å². The number of thiocarbonyl (C=S) groups is 1. The second-order valence-electron chi connectivity index (χ2n) is 4.86. The molecule has 3 N–H and O–H groups in total. The van der Waals surface area contributed by atoms with Gasteiger partial charge in [0.1, 0.15) is 10.8 Å². The van der Waals surface area contributed by atoms with Gasteiger partial charge in [0, 0.05) is 18.7 Å². The average Bonchev–Trinajstić information content (AvgIpc) is 2.24. The highest BCUT2D eigenvalue weighted by Gasteiger charge is 2.20. The van der Waals surface area contributed by atoms with Crippen molar-refractivity contribution in [3.05, 3.63) is 29.6 Å². The van der Waals surface area contributed by atoms with E-state index < -0.39 is 5.60 Å². The normalized spacial score (nSPS) is 11.4. The Morgan fingerprint density at radius 2 is 2.11 bits per heavy atom. The topological polar surface area (TPSA) is 49.5 Å². The van der Waals surface area contributed by atoms with Crippen LogP contribution in [0.15, 0.2) is 18.2 Å². The number of hydrogen-bond acceptors (Lipinski definition) is 3. The second-order valence-corrected chi connectivity index (χ2v) is 5.30. The van der Waals surface area contributed by atoms with E-state index in [1.807, 2.05) is 6.92 Å². The molecule has 0 radical (unpaired) electrons. The third kappa shape index (κ3) is 3.92. The van der Waals surface area contributed by atoms with Gasteiger partial charge in [-0.2, -0.15) is 0 Å². The highest BCUT2D eigenvalue weighted by molar-refractivity contribution is 7.80. The summed E-state index contributed by atoms with van der Waals surface area (Å²) in [7, 11) is 0. The number of likely N-dealkylation sites (N-methyl/N-ethyl adjacent to an activating group) is 1. The number of hydrogen-bond donors (Lipinski definition) is 2. The molecule has 5 heteroatoms. The Balaban J connectivity index is 3.04. The lowest BCUT2D eigenvalue weighted by molar-refractivity contribution is 0.0874. The predicted molar refractivity (Wildman–Crippen MR) is 76.5 cm³/mol. The fourth-order valence-corrected chi connectivity index (χ4v) is 1.88. The molecule has 0 atom stereocenters. The summed E-state index contributed by atoms with van der Waals surface area (Å²) in [5.74, 6) is -0.383. The Labute approximate surface area is 112 Å². The number of benzene rings is 1. The molecule has 0 heterocycles. The van der Waals surface area contributed by atoms with Crippen molar-refractivity contribution in [3.63, 3.8) is 0 Å². The van der Waals surface area contributed by atoms with E-state index in [9.17, 15) is 9.50 Å². The van der Waals surface area contributed by atoms with Gasteiger partial charge in [-0.1, -0.05) is 12.2 Å². The van der Waals surface area contributed by atoms with Gasteiger partial charge < -0.3 is 15.7 Å². The largest absolute Gasteiger partial charge is 0.389 e. The molecule has 1 rings (SSSR count). The molecular weight excluding hydrogens is 251 g/mol. The zero-order valence-corrected chi connectivity index (χ0v) is 11.7. The van der Waals surface area contributed by atoms with Crippen LogP contribution in [0.25, 0.3) is 0 Å². The number of halogens is 1. The first-order chi connectivity index (χ1) is 8.24. The minimum Gasteiger partial charge on any atom is -0.389 e. The minimum absolute atomic E-state index is 0.172. The van der Waals surface area contributed by atoms with Gasteiger partial charge in [0.2, 0.25) is 0 Å². The molecule has 0 aliphatic rings. The van der Waals surface area contributed by atoms with Crippen LogP contribution in [0.2, 0.25) is 0 Å². The standard InChI is InChI=1S/C13H19FN2OS/c1-4-16(8-13(2,3)17)11-6-5-9(12(15)18)7-10(11)14/h5-7,17H,4,8H2,1-3H3,(H2,15,18). The van der Waals surface area contributed by atoms with E-state index in [-0.39, 0.29) is 10.8 Å². The maximum absolute atomic E-state index is 14.0. The van der Waals surface area contributed by atoms with Crippen LogP contribution < -0.4 is 10.6 Å². The third-order valence-corrected chi connectivity index (χ3v) is 2.77. The van der Waals surface area contributed by atoms with Crippen LogP contribution in [0.4, 0.5) is 10.1 Å².